The summed E-state index contributed by atoms with van der Waals surface area (Å²) in [7, 11) is 0. The molecule has 2 aromatic carbocycles. The van der Waals surface area contributed by atoms with E-state index in [-0.39, 0.29) is 17.7 Å². The van der Waals surface area contributed by atoms with Crippen LogP contribution >= 0.6 is 11.6 Å². The minimum absolute atomic E-state index is 0.115. The normalized spacial score (nSPS) is 10.6. The molecule has 1 aromatic heterocycles. The third kappa shape index (κ3) is 3.61. The van der Waals surface area contributed by atoms with Crippen LogP contribution in [-0.4, -0.2) is 28.8 Å². The molecular weight excluding hydrogens is 372 g/mol. The van der Waals surface area contributed by atoms with Crippen molar-refractivity contribution < 1.29 is 14.3 Å². The van der Waals surface area contributed by atoms with Crippen LogP contribution < -0.4 is 16.1 Å². The van der Waals surface area contributed by atoms with E-state index < -0.39 is 17.4 Å². The first-order valence-electron chi connectivity index (χ1n) is 7.97. The van der Waals surface area contributed by atoms with Crippen molar-refractivity contribution in [2.45, 2.75) is 6.92 Å². The number of amides is 2. The van der Waals surface area contributed by atoms with Crippen molar-refractivity contribution in [1.82, 2.24) is 10.2 Å². The van der Waals surface area contributed by atoms with Gasteiger partial charge in [-0.25, -0.2) is 9.59 Å². The molecule has 0 aliphatic carbocycles. The molecular formula is C18H15ClN4O4. The fourth-order valence-corrected chi connectivity index (χ4v) is 2.71. The van der Waals surface area contributed by atoms with Gasteiger partial charge in [0.25, 0.3) is 0 Å². The van der Waals surface area contributed by atoms with E-state index in [9.17, 15) is 14.4 Å². The molecule has 0 saturated heterocycles. The number of nitrogens with one attached hydrogen (secondary N) is 1. The highest BCUT2D eigenvalue weighted by Crippen LogP contribution is 2.28. The maximum atomic E-state index is 12.6. The van der Waals surface area contributed by atoms with Gasteiger partial charge in [-0.1, -0.05) is 11.6 Å². The molecule has 0 spiro atoms. The van der Waals surface area contributed by atoms with Crippen LogP contribution in [0, 0.1) is 0 Å². The van der Waals surface area contributed by atoms with Gasteiger partial charge in [0.15, 0.2) is 0 Å². The molecule has 0 bridgehead atoms. The number of hydrogen-bond acceptors (Lipinski definition) is 5. The van der Waals surface area contributed by atoms with Crippen molar-refractivity contribution in [3.05, 3.63) is 63.4 Å². The number of fused-ring (bicyclic) bond motifs is 1. The quantitative estimate of drug-likeness (QED) is 0.668. The molecule has 138 valence electrons. The Morgan fingerprint density at radius 1 is 1.19 bits per heavy atom. The fourth-order valence-electron chi connectivity index (χ4n) is 2.58. The highest BCUT2D eigenvalue weighted by molar-refractivity contribution is 6.30. The highest BCUT2D eigenvalue weighted by atomic mass is 35.5. The van der Waals surface area contributed by atoms with Gasteiger partial charge < -0.3 is 10.5 Å². The number of hydrogen-bond donors (Lipinski definition) is 2. The number of aromatic amines is 1. The van der Waals surface area contributed by atoms with E-state index in [1.165, 1.54) is 11.0 Å². The molecule has 0 atom stereocenters. The summed E-state index contributed by atoms with van der Waals surface area (Å²) in [6.07, 6.45) is 0. The SMILES string of the molecule is CCOC(=O)c1n[nH]c2ccc(N(C(N)=O)c3ccc(Cl)cc3)cc2c1=O. The zero-order chi connectivity index (χ0) is 19.6. The number of carbonyl (C=O) groups is 2. The molecule has 1 heterocycles. The number of halogens is 1. The van der Waals surface area contributed by atoms with Gasteiger partial charge in [-0.15, -0.1) is 0 Å². The van der Waals surface area contributed by atoms with Crippen LogP contribution in [0.4, 0.5) is 16.2 Å². The summed E-state index contributed by atoms with van der Waals surface area (Å²) in [5.41, 5.74) is 5.78. The van der Waals surface area contributed by atoms with Crippen LogP contribution in [0.1, 0.15) is 17.4 Å². The van der Waals surface area contributed by atoms with Gasteiger partial charge in [-0.3, -0.25) is 14.8 Å². The van der Waals surface area contributed by atoms with Crippen molar-refractivity contribution in [1.29, 1.82) is 0 Å². The Labute approximate surface area is 158 Å². The fraction of sp³-hybridized carbons (Fsp3) is 0.111. The number of ether oxygens (including phenoxy) is 1. The van der Waals surface area contributed by atoms with E-state index in [4.69, 9.17) is 22.1 Å². The first-order chi connectivity index (χ1) is 12.9. The molecule has 0 aliphatic heterocycles. The average Bonchev–Trinajstić information content (AvgIpc) is 2.64. The largest absolute Gasteiger partial charge is 0.461 e. The Balaban J connectivity index is 2.14. The number of benzene rings is 2. The van der Waals surface area contributed by atoms with E-state index in [1.807, 2.05) is 0 Å². The van der Waals surface area contributed by atoms with Gasteiger partial charge in [0.2, 0.25) is 11.1 Å². The van der Waals surface area contributed by atoms with Gasteiger partial charge in [0, 0.05) is 5.02 Å². The van der Waals surface area contributed by atoms with Gasteiger partial charge in [0.1, 0.15) is 0 Å². The van der Waals surface area contributed by atoms with Gasteiger partial charge in [0.05, 0.1) is 28.9 Å². The highest BCUT2D eigenvalue weighted by Gasteiger charge is 2.19. The molecule has 3 aromatic rings. The summed E-state index contributed by atoms with van der Waals surface area (Å²) in [5, 5.41) is 7.08. The number of primary amides is 1. The summed E-state index contributed by atoms with van der Waals surface area (Å²) in [6, 6.07) is 10.4. The number of aromatic nitrogens is 2. The first-order valence-corrected chi connectivity index (χ1v) is 8.35. The molecule has 0 radical (unpaired) electrons. The van der Waals surface area contributed by atoms with E-state index in [1.54, 1.807) is 43.3 Å². The number of nitrogens with zero attached hydrogens (tertiary/aromatic N) is 2. The second-order valence-corrected chi connectivity index (χ2v) is 5.94. The number of anilines is 2. The summed E-state index contributed by atoms with van der Waals surface area (Å²) >= 11 is 5.88. The number of nitrogens with two attached hydrogens (primary N) is 1. The molecule has 0 saturated carbocycles. The molecule has 9 heteroatoms. The third-order valence-electron chi connectivity index (χ3n) is 3.78. The Bertz CT molecular complexity index is 1080. The van der Waals surface area contributed by atoms with Crippen molar-refractivity contribution in [3.63, 3.8) is 0 Å². The lowest BCUT2D eigenvalue weighted by Crippen LogP contribution is -2.31. The molecule has 0 unspecified atom stereocenters. The first kappa shape index (κ1) is 18.4. The van der Waals surface area contributed by atoms with Crippen molar-refractivity contribution in [2.75, 3.05) is 11.5 Å². The Hall–Kier alpha value is -3.39. The number of H-pyrrole nitrogens is 1. The standard InChI is InChI=1S/C18H15ClN4O4/c1-2-27-17(25)15-16(24)13-9-12(7-8-14(13)21-22-15)23(18(20)26)11-5-3-10(19)4-6-11/h3-9H,2H2,1H3,(H2,20,26)(H,21,24). The summed E-state index contributed by atoms with van der Waals surface area (Å²) < 4.78 is 4.84. The number of urea groups is 1. The van der Waals surface area contributed by atoms with E-state index >= 15 is 0 Å². The van der Waals surface area contributed by atoms with Crippen molar-refractivity contribution in [3.8, 4) is 0 Å². The molecule has 27 heavy (non-hydrogen) atoms. The molecule has 2 amide bonds. The lowest BCUT2D eigenvalue weighted by molar-refractivity contribution is 0.0517. The van der Waals surface area contributed by atoms with Crippen LogP contribution in [0.25, 0.3) is 10.9 Å². The molecule has 0 fully saturated rings. The van der Waals surface area contributed by atoms with Crippen LogP contribution in [0.5, 0.6) is 0 Å². The van der Waals surface area contributed by atoms with Crippen molar-refractivity contribution in [2.24, 2.45) is 5.73 Å². The predicted octanol–water partition coefficient (Wildman–Crippen LogP) is 2.97. The summed E-state index contributed by atoms with van der Waals surface area (Å²) in [5.74, 6) is -0.824. The van der Waals surface area contributed by atoms with Crippen molar-refractivity contribution >= 4 is 45.9 Å². The lowest BCUT2D eigenvalue weighted by Gasteiger charge is -2.21. The van der Waals surface area contributed by atoms with Gasteiger partial charge in [-0.2, -0.15) is 5.10 Å². The zero-order valence-corrected chi connectivity index (χ0v) is 15.0. The predicted molar refractivity (Wildman–Crippen MR) is 101 cm³/mol. The minimum Gasteiger partial charge on any atom is -0.461 e. The van der Waals surface area contributed by atoms with E-state index in [2.05, 4.69) is 10.2 Å². The molecule has 3 rings (SSSR count). The van der Waals surface area contributed by atoms with E-state index in [0.29, 0.717) is 21.9 Å². The number of rotatable bonds is 4. The number of carbonyl (C=O) groups excluding carboxylic acids is 2. The second-order valence-electron chi connectivity index (χ2n) is 5.50. The maximum Gasteiger partial charge on any atom is 0.362 e. The number of esters is 1. The summed E-state index contributed by atoms with van der Waals surface area (Å²) in [4.78, 5) is 37.8. The average molecular weight is 387 g/mol. The molecule has 8 nitrogen and oxygen atoms in total. The molecule has 0 aliphatic rings. The maximum absolute atomic E-state index is 12.6. The topological polar surface area (TPSA) is 118 Å². The monoisotopic (exact) mass is 386 g/mol. The zero-order valence-electron chi connectivity index (χ0n) is 14.2. The van der Waals surface area contributed by atoms with Gasteiger partial charge in [-0.05, 0) is 49.4 Å². The van der Waals surface area contributed by atoms with Gasteiger partial charge >= 0.3 is 12.0 Å². The van der Waals surface area contributed by atoms with Crippen LogP contribution in [0.2, 0.25) is 5.02 Å². The van der Waals surface area contributed by atoms with Crippen LogP contribution in [-0.2, 0) is 4.74 Å². The smallest absolute Gasteiger partial charge is 0.362 e. The third-order valence-corrected chi connectivity index (χ3v) is 4.04. The minimum atomic E-state index is -0.824. The Morgan fingerprint density at radius 3 is 2.48 bits per heavy atom. The van der Waals surface area contributed by atoms with Crippen LogP contribution in [0.3, 0.4) is 0 Å². The van der Waals surface area contributed by atoms with Crippen LogP contribution in [0.15, 0.2) is 47.3 Å². The molecule has 3 N–H and O–H groups in total. The summed E-state index contributed by atoms with van der Waals surface area (Å²) in [6.45, 7) is 1.74. The van der Waals surface area contributed by atoms with E-state index in [0.717, 1.165) is 0 Å². The Morgan fingerprint density at radius 2 is 1.85 bits per heavy atom. The Kier molecular flexibility index (Phi) is 5.09. The second kappa shape index (κ2) is 7.46. The lowest BCUT2D eigenvalue weighted by atomic mass is 10.1.